The van der Waals surface area contributed by atoms with E-state index < -0.39 is 0 Å². The number of rotatable bonds is 2. The fourth-order valence-electron chi connectivity index (χ4n) is 4.22. The molecule has 0 spiro atoms. The quantitative estimate of drug-likeness (QED) is 0.815. The van der Waals surface area contributed by atoms with Crippen LogP contribution in [-0.2, 0) is 0 Å². The van der Waals surface area contributed by atoms with Gasteiger partial charge in [0.1, 0.15) is 0 Å². The Kier molecular flexibility index (Phi) is 4.29. The zero-order valence-electron chi connectivity index (χ0n) is 14.3. The molecule has 4 heteroatoms. The van der Waals surface area contributed by atoms with Crippen molar-refractivity contribution in [1.82, 2.24) is 9.88 Å². The zero-order valence-corrected chi connectivity index (χ0v) is 15.2. The van der Waals surface area contributed by atoms with Gasteiger partial charge in [0.25, 0.3) is 0 Å². The van der Waals surface area contributed by atoms with E-state index in [1.54, 1.807) is 0 Å². The molecular weight excluding hydrogens is 302 g/mol. The van der Waals surface area contributed by atoms with Gasteiger partial charge in [0, 0.05) is 32.2 Å². The maximum absolute atomic E-state index is 4.94. The summed E-state index contributed by atoms with van der Waals surface area (Å²) < 4.78 is 1.34. The molecule has 0 atom stereocenters. The smallest absolute Gasteiger partial charge is 0.186 e. The summed E-state index contributed by atoms with van der Waals surface area (Å²) in [6.45, 7) is 9.04. The highest BCUT2D eigenvalue weighted by Gasteiger charge is 2.26. The van der Waals surface area contributed by atoms with Crippen molar-refractivity contribution in [3.05, 3.63) is 23.3 Å². The molecule has 0 N–H and O–H groups in total. The largest absolute Gasteiger partial charge is 0.345 e. The monoisotopic (exact) mass is 329 g/mol. The molecule has 0 amide bonds. The van der Waals surface area contributed by atoms with Crippen LogP contribution < -0.4 is 4.90 Å². The summed E-state index contributed by atoms with van der Waals surface area (Å²) in [7, 11) is 0. The van der Waals surface area contributed by atoms with E-state index in [1.807, 2.05) is 11.3 Å². The second-order valence-corrected chi connectivity index (χ2v) is 8.25. The van der Waals surface area contributed by atoms with Gasteiger partial charge in [-0.1, -0.05) is 36.7 Å². The minimum absolute atomic E-state index is 0.853. The van der Waals surface area contributed by atoms with Gasteiger partial charge in [-0.15, -0.1) is 0 Å². The van der Waals surface area contributed by atoms with Gasteiger partial charge in [0.2, 0.25) is 0 Å². The SMILES string of the molecule is Cc1cc(C)c2nc(N3CCN(C4CCCCC4)CC3)sc2c1. The molecular formula is C19H27N3S. The first-order valence-electron chi connectivity index (χ1n) is 9.07. The second kappa shape index (κ2) is 6.40. The fraction of sp³-hybridized carbons (Fsp3) is 0.632. The lowest BCUT2D eigenvalue weighted by molar-refractivity contribution is 0.148. The van der Waals surface area contributed by atoms with Crippen molar-refractivity contribution in [2.75, 3.05) is 31.1 Å². The number of thiazole rings is 1. The van der Waals surface area contributed by atoms with Gasteiger partial charge in [-0.2, -0.15) is 0 Å². The summed E-state index contributed by atoms with van der Waals surface area (Å²) in [5.74, 6) is 0. The van der Waals surface area contributed by atoms with Crippen molar-refractivity contribution < 1.29 is 0 Å². The zero-order chi connectivity index (χ0) is 15.8. The molecule has 0 radical (unpaired) electrons. The van der Waals surface area contributed by atoms with Crippen LogP contribution in [0, 0.1) is 13.8 Å². The number of piperazine rings is 1. The maximum Gasteiger partial charge on any atom is 0.186 e. The van der Waals surface area contributed by atoms with Crippen LogP contribution in [0.4, 0.5) is 5.13 Å². The number of anilines is 1. The van der Waals surface area contributed by atoms with Gasteiger partial charge in [0.15, 0.2) is 5.13 Å². The highest BCUT2D eigenvalue weighted by Crippen LogP contribution is 2.32. The Morgan fingerprint density at radius 2 is 1.74 bits per heavy atom. The van der Waals surface area contributed by atoms with Crippen LogP contribution >= 0.6 is 11.3 Å². The molecule has 2 aliphatic rings. The third kappa shape index (κ3) is 3.11. The topological polar surface area (TPSA) is 19.4 Å². The summed E-state index contributed by atoms with van der Waals surface area (Å²) in [6, 6.07) is 5.38. The van der Waals surface area contributed by atoms with Gasteiger partial charge in [-0.05, 0) is 43.9 Å². The lowest BCUT2D eigenvalue weighted by atomic mass is 9.94. The van der Waals surface area contributed by atoms with Gasteiger partial charge >= 0.3 is 0 Å². The Morgan fingerprint density at radius 1 is 1.00 bits per heavy atom. The van der Waals surface area contributed by atoms with Gasteiger partial charge < -0.3 is 4.90 Å². The molecule has 1 saturated heterocycles. The van der Waals surface area contributed by atoms with E-state index >= 15 is 0 Å². The van der Waals surface area contributed by atoms with E-state index in [4.69, 9.17) is 4.98 Å². The number of hydrogen-bond acceptors (Lipinski definition) is 4. The standard InChI is InChI=1S/C19H27N3S/c1-14-12-15(2)18-17(13-14)23-19(20-18)22-10-8-21(9-11-22)16-6-4-3-5-7-16/h12-13,16H,3-11H2,1-2H3. The maximum atomic E-state index is 4.94. The number of nitrogens with zero attached hydrogens (tertiary/aromatic N) is 3. The Hall–Kier alpha value is -1.13. The molecule has 2 heterocycles. The molecule has 1 aliphatic carbocycles. The Morgan fingerprint density at radius 3 is 2.48 bits per heavy atom. The van der Waals surface area contributed by atoms with Crippen molar-refractivity contribution in [2.45, 2.75) is 52.0 Å². The molecule has 2 fully saturated rings. The Bertz CT molecular complexity index is 679. The molecule has 1 aliphatic heterocycles. The third-order valence-electron chi connectivity index (χ3n) is 5.49. The molecule has 1 aromatic heterocycles. The fourth-order valence-corrected chi connectivity index (χ4v) is 5.41. The molecule has 3 nitrogen and oxygen atoms in total. The minimum atomic E-state index is 0.853. The lowest BCUT2D eigenvalue weighted by Crippen LogP contribution is -2.50. The van der Waals surface area contributed by atoms with E-state index in [2.05, 4.69) is 35.8 Å². The summed E-state index contributed by atoms with van der Waals surface area (Å²) in [5, 5.41) is 1.22. The molecule has 23 heavy (non-hydrogen) atoms. The summed E-state index contributed by atoms with van der Waals surface area (Å²) in [4.78, 5) is 10.2. The van der Waals surface area contributed by atoms with Gasteiger partial charge in [0.05, 0.1) is 10.2 Å². The lowest BCUT2D eigenvalue weighted by Gasteiger charge is -2.40. The number of benzene rings is 1. The van der Waals surface area contributed by atoms with Crippen LogP contribution in [0.25, 0.3) is 10.2 Å². The molecule has 1 saturated carbocycles. The summed E-state index contributed by atoms with van der Waals surface area (Å²) in [6.07, 6.45) is 7.14. The Balaban J connectivity index is 1.46. The van der Waals surface area contributed by atoms with E-state index in [9.17, 15) is 0 Å². The van der Waals surface area contributed by atoms with E-state index in [1.165, 1.54) is 71.7 Å². The molecule has 0 unspecified atom stereocenters. The second-order valence-electron chi connectivity index (χ2n) is 7.24. The highest BCUT2D eigenvalue weighted by molar-refractivity contribution is 7.22. The summed E-state index contributed by atoms with van der Waals surface area (Å²) in [5.41, 5.74) is 3.85. The van der Waals surface area contributed by atoms with Crippen molar-refractivity contribution >= 4 is 26.7 Å². The van der Waals surface area contributed by atoms with Crippen molar-refractivity contribution in [2.24, 2.45) is 0 Å². The number of aromatic nitrogens is 1. The Labute approximate surface area is 143 Å². The van der Waals surface area contributed by atoms with Crippen molar-refractivity contribution in [1.29, 1.82) is 0 Å². The molecule has 2 aromatic rings. The van der Waals surface area contributed by atoms with Crippen molar-refractivity contribution in [3.63, 3.8) is 0 Å². The molecule has 4 rings (SSSR count). The first-order valence-corrected chi connectivity index (χ1v) is 9.89. The average Bonchev–Trinajstić information content (AvgIpc) is 3.00. The van der Waals surface area contributed by atoms with Gasteiger partial charge in [-0.3, -0.25) is 4.90 Å². The summed E-state index contributed by atoms with van der Waals surface area (Å²) >= 11 is 1.87. The van der Waals surface area contributed by atoms with Crippen LogP contribution in [-0.4, -0.2) is 42.1 Å². The van der Waals surface area contributed by atoms with Crippen LogP contribution in [0.1, 0.15) is 43.2 Å². The molecule has 1 aromatic carbocycles. The normalized spacial score (nSPS) is 21.2. The first-order chi connectivity index (χ1) is 11.2. The van der Waals surface area contributed by atoms with Crippen LogP contribution in [0.15, 0.2) is 12.1 Å². The van der Waals surface area contributed by atoms with Crippen molar-refractivity contribution in [3.8, 4) is 0 Å². The molecule has 0 bridgehead atoms. The number of hydrogen-bond donors (Lipinski definition) is 0. The van der Waals surface area contributed by atoms with Crippen LogP contribution in [0.5, 0.6) is 0 Å². The first kappa shape index (κ1) is 15.4. The van der Waals surface area contributed by atoms with Crippen LogP contribution in [0.3, 0.4) is 0 Å². The van der Waals surface area contributed by atoms with E-state index in [0.29, 0.717) is 0 Å². The number of aryl methyl sites for hydroxylation is 2. The molecule has 124 valence electrons. The highest BCUT2D eigenvalue weighted by atomic mass is 32.1. The number of fused-ring (bicyclic) bond motifs is 1. The van der Waals surface area contributed by atoms with Crippen LogP contribution in [0.2, 0.25) is 0 Å². The minimum Gasteiger partial charge on any atom is -0.345 e. The third-order valence-corrected chi connectivity index (χ3v) is 6.56. The van der Waals surface area contributed by atoms with E-state index in [0.717, 1.165) is 19.1 Å². The van der Waals surface area contributed by atoms with E-state index in [-0.39, 0.29) is 0 Å². The predicted molar refractivity (Wildman–Crippen MR) is 99.8 cm³/mol. The average molecular weight is 330 g/mol. The van der Waals surface area contributed by atoms with Gasteiger partial charge in [-0.25, -0.2) is 4.98 Å². The predicted octanol–water partition coefficient (Wildman–Crippen LogP) is 4.37.